The van der Waals surface area contributed by atoms with Crippen LogP contribution >= 0.6 is 22.6 Å². The van der Waals surface area contributed by atoms with Gasteiger partial charge in [-0.2, -0.15) is 0 Å². The van der Waals surface area contributed by atoms with Gasteiger partial charge in [-0.3, -0.25) is 4.79 Å². The second kappa shape index (κ2) is 6.70. The fourth-order valence-electron chi connectivity index (χ4n) is 1.69. The molecule has 2 nitrogen and oxygen atoms in total. The molecule has 0 N–H and O–H groups in total. The van der Waals surface area contributed by atoms with Crippen molar-refractivity contribution in [3.63, 3.8) is 0 Å². The Morgan fingerprint density at radius 2 is 1.74 bits per heavy atom. The van der Waals surface area contributed by atoms with Gasteiger partial charge in [-0.15, -0.1) is 0 Å². The molecule has 0 amide bonds. The number of Topliss-reactive ketones (excluding diaryl/α,β-unsaturated/α-hetero) is 1. The lowest BCUT2D eigenvalue weighted by Crippen LogP contribution is -2.09. The molecular weight excluding hydrogens is 351 g/mol. The van der Waals surface area contributed by atoms with E-state index in [0.29, 0.717) is 6.61 Å². The summed E-state index contributed by atoms with van der Waals surface area (Å²) in [4.78, 5) is 11.8. The highest BCUT2D eigenvalue weighted by molar-refractivity contribution is 14.1. The lowest BCUT2D eigenvalue weighted by atomic mass is 10.1. The van der Waals surface area contributed by atoms with Crippen LogP contribution in [-0.4, -0.2) is 9.71 Å². The molecular formula is C16H15IO2. The first-order valence-corrected chi connectivity index (χ1v) is 7.36. The summed E-state index contributed by atoms with van der Waals surface area (Å²) < 4.78 is 5.67. The van der Waals surface area contributed by atoms with E-state index in [1.807, 2.05) is 61.5 Å². The second-order valence-corrected chi connectivity index (χ2v) is 6.15. The van der Waals surface area contributed by atoms with E-state index in [4.69, 9.17) is 4.74 Å². The predicted molar refractivity (Wildman–Crippen MR) is 85.0 cm³/mol. The molecule has 0 aliphatic carbocycles. The summed E-state index contributed by atoms with van der Waals surface area (Å²) in [6.07, 6.45) is 0. The van der Waals surface area contributed by atoms with E-state index in [1.54, 1.807) is 0 Å². The minimum Gasteiger partial charge on any atom is -0.489 e. The van der Waals surface area contributed by atoms with Crippen LogP contribution in [0.5, 0.6) is 5.75 Å². The maximum atomic E-state index is 11.8. The third-order valence-electron chi connectivity index (χ3n) is 2.75. The second-order valence-electron chi connectivity index (χ2n) is 4.28. The molecule has 0 saturated heterocycles. The van der Waals surface area contributed by atoms with Crippen LogP contribution in [0.3, 0.4) is 0 Å². The van der Waals surface area contributed by atoms with Crippen molar-refractivity contribution in [3.05, 3.63) is 65.7 Å². The van der Waals surface area contributed by atoms with Crippen molar-refractivity contribution in [1.29, 1.82) is 0 Å². The highest BCUT2D eigenvalue weighted by Gasteiger charge is 2.11. The smallest absolute Gasteiger partial charge is 0.175 e. The monoisotopic (exact) mass is 366 g/mol. The third kappa shape index (κ3) is 4.06. The minimum absolute atomic E-state index is 0.00585. The Labute approximate surface area is 126 Å². The number of carbonyl (C=O) groups is 1. The lowest BCUT2D eigenvalue weighted by Gasteiger charge is -2.07. The quantitative estimate of drug-likeness (QED) is 0.449. The van der Waals surface area contributed by atoms with Gasteiger partial charge >= 0.3 is 0 Å². The van der Waals surface area contributed by atoms with E-state index >= 15 is 0 Å². The maximum Gasteiger partial charge on any atom is 0.175 e. The van der Waals surface area contributed by atoms with Crippen LogP contribution < -0.4 is 4.74 Å². The first kappa shape index (κ1) is 14.1. The average Bonchev–Trinajstić information content (AvgIpc) is 2.46. The Bertz CT molecular complexity index is 532. The topological polar surface area (TPSA) is 26.3 Å². The molecule has 0 aliphatic rings. The number of halogens is 1. The van der Waals surface area contributed by atoms with Crippen LogP contribution in [0.15, 0.2) is 54.6 Å². The number of carbonyl (C=O) groups excluding carboxylic acids is 1. The minimum atomic E-state index is -0.00585. The zero-order valence-corrected chi connectivity index (χ0v) is 12.8. The van der Waals surface area contributed by atoms with Crippen LogP contribution in [0, 0.1) is 0 Å². The van der Waals surface area contributed by atoms with E-state index in [1.165, 1.54) is 0 Å². The van der Waals surface area contributed by atoms with E-state index < -0.39 is 0 Å². The van der Waals surface area contributed by atoms with Gasteiger partial charge in [0.1, 0.15) is 12.4 Å². The largest absolute Gasteiger partial charge is 0.489 e. The van der Waals surface area contributed by atoms with Gasteiger partial charge in [-0.05, 0) is 36.8 Å². The molecule has 0 aromatic heterocycles. The summed E-state index contributed by atoms with van der Waals surface area (Å²) in [5.74, 6) is 0.928. The maximum absolute atomic E-state index is 11.8. The summed E-state index contributed by atoms with van der Waals surface area (Å²) in [5.41, 5.74) is 1.86. The lowest BCUT2D eigenvalue weighted by molar-refractivity contribution is 0.0998. The Morgan fingerprint density at radius 1 is 1.11 bits per heavy atom. The Kier molecular flexibility index (Phi) is 4.96. The van der Waals surface area contributed by atoms with E-state index in [2.05, 4.69) is 22.6 Å². The van der Waals surface area contributed by atoms with Gasteiger partial charge in [0.15, 0.2) is 5.78 Å². The number of ether oxygens (including phenoxy) is 1. The van der Waals surface area contributed by atoms with Crippen molar-refractivity contribution in [1.82, 2.24) is 0 Å². The molecule has 98 valence electrons. The van der Waals surface area contributed by atoms with Gasteiger partial charge in [0, 0.05) is 5.56 Å². The number of hydrogen-bond donors (Lipinski definition) is 0. The summed E-state index contributed by atoms with van der Waals surface area (Å²) in [7, 11) is 0. The first-order valence-electron chi connectivity index (χ1n) is 6.12. The summed E-state index contributed by atoms with van der Waals surface area (Å²) in [5, 5.41) is 0. The van der Waals surface area contributed by atoms with Crippen molar-refractivity contribution in [2.75, 3.05) is 0 Å². The van der Waals surface area contributed by atoms with Crippen LogP contribution in [0.2, 0.25) is 0 Å². The molecule has 3 heteroatoms. The fourth-order valence-corrected chi connectivity index (χ4v) is 2.05. The third-order valence-corrected chi connectivity index (χ3v) is 3.31. The molecule has 0 bridgehead atoms. The van der Waals surface area contributed by atoms with Gasteiger partial charge in [-0.25, -0.2) is 0 Å². The van der Waals surface area contributed by atoms with Crippen LogP contribution in [0.1, 0.15) is 22.8 Å². The number of hydrogen-bond acceptors (Lipinski definition) is 2. The molecule has 2 aromatic rings. The van der Waals surface area contributed by atoms with Crippen molar-refractivity contribution in [2.45, 2.75) is 17.5 Å². The standard InChI is InChI=1S/C16H15IO2/c1-12(17)16(18)14-7-9-15(10-8-14)19-11-13-5-3-2-4-6-13/h2-10,12H,11H2,1H3. The summed E-state index contributed by atoms with van der Waals surface area (Å²) >= 11 is 2.12. The highest BCUT2D eigenvalue weighted by Crippen LogP contribution is 2.17. The molecule has 1 unspecified atom stereocenters. The fraction of sp³-hybridized carbons (Fsp3) is 0.188. The molecule has 2 aromatic carbocycles. The van der Waals surface area contributed by atoms with E-state index in [-0.39, 0.29) is 9.71 Å². The Balaban J connectivity index is 1.98. The van der Waals surface area contributed by atoms with E-state index in [0.717, 1.165) is 16.9 Å². The molecule has 0 spiro atoms. The molecule has 2 rings (SSSR count). The van der Waals surface area contributed by atoms with Gasteiger partial charge in [0.2, 0.25) is 0 Å². The molecule has 19 heavy (non-hydrogen) atoms. The van der Waals surface area contributed by atoms with Gasteiger partial charge in [0.25, 0.3) is 0 Å². The molecule has 0 fully saturated rings. The van der Waals surface area contributed by atoms with Gasteiger partial charge in [0.05, 0.1) is 3.92 Å². The van der Waals surface area contributed by atoms with Crippen molar-refractivity contribution in [3.8, 4) is 5.75 Å². The first-order chi connectivity index (χ1) is 9.16. The zero-order valence-electron chi connectivity index (χ0n) is 10.7. The average molecular weight is 366 g/mol. The highest BCUT2D eigenvalue weighted by atomic mass is 127. The zero-order chi connectivity index (χ0) is 13.7. The molecule has 0 saturated carbocycles. The van der Waals surface area contributed by atoms with Crippen molar-refractivity contribution in [2.24, 2.45) is 0 Å². The normalized spacial score (nSPS) is 11.9. The number of alkyl halides is 1. The van der Waals surface area contributed by atoms with Crippen LogP contribution in [0.25, 0.3) is 0 Å². The van der Waals surface area contributed by atoms with Gasteiger partial charge < -0.3 is 4.74 Å². The number of benzene rings is 2. The molecule has 0 aliphatic heterocycles. The SMILES string of the molecule is CC(I)C(=O)c1ccc(OCc2ccccc2)cc1. The molecule has 0 heterocycles. The number of ketones is 1. The predicted octanol–water partition coefficient (Wildman–Crippen LogP) is 4.27. The summed E-state index contributed by atoms with van der Waals surface area (Å²) in [6.45, 7) is 2.43. The van der Waals surface area contributed by atoms with Crippen molar-refractivity contribution >= 4 is 28.4 Å². The van der Waals surface area contributed by atoms with Crippen LogP contribution in [0.4, 0.5) is 0 Å². The van der Waals surface area contributed by atoms with Crippen LogP contribution in [-0.2, 0) is 6.61 Å². The number of rotatable bonds is 5. The molecule has 0 radical (unpaired) electrons. The van der Waals surface area contributed by atoms with E-state index in [9.17, 15) is 4.79 Å². The van der Waals surface area contributed by atoms with Crippen molar-refractivity contribution < 1.29 is 9.53 Å². The summed E-state index contributed by atoms with van der Waals surface area (Å²) in [6, 6.07) is 17.3. The van der Waals surface area contributed by atoms with Gasteiger partial charge in [-0.1, -0.05) is 52.9 Å². The Morgan fingerprint density at radius 3 is 2.32 bits per heavy atom. The Hall–Kier alpha value is -1.36. The molecule has 1 atom stereocenters.